The summed E-state index contributed by atoms with van der Waals surface area (Å²) in [6.45, 7) is 3.07. The second kappa shape index (κ2) is 7.42. The Morgan fingerprint density at radius 3 is 2.04 bits per heavy atom. The van der Waals surface area contributed by atoms with Gasteiger partial charge in [-0.2, -0.15) is 0 Å². The lowest BCUT2D eigenvalue weighted by atomic mass is 9.79. The van der Waals surface area contributed by atoms with E-state index < -0.39 is 17.5 Å². The van der Waals surface area contributed by atoms with Gasteiger partial charge >= 0.3 is 5.97 Å². The quantitative estimate of drug-likeness (QED) is 0.453. The van der Waals surface area contributed by atoms with Gasteiger partial charge in [-0.25, -0.2) is 0 Å². The third-order valence-corrected chi connectivity index (χ3v) is 4.33. The van der Waals surface area contributed by atoms with E-state index in [0.717, 1.165) is 0 Å². The lowest BCUT2D eigenvalue weighted by Crippen LogP contribution is -2.44. The van der Waals surface area contributed by atoms with Crippen molar-refractivity contribution in [3.05, 3.63) is 71.8 Å². The summed E-state index contributed by atoms with van der Waals surface area (Å²) in [7, 11) is 0. The molecule has 0 spiro atoms. The molecule has 0 aliphatic carbocycles. The van der Waals surface area contributed by atoms with Crippen LogP contribution in [0.3, 0.4) is 0 Å². The molecule has 0 bridgehead atoms. The van der Waals surface area contributed by atoms with E-state index in [1.165, 1.54) is 6.92 Å². The molecule has 2 aromatic carbocycles. The van der Waals surface area contributed by atoms with Gasteiger partial charge in [-0.3, -0.25) is 9.59 Å². The Morgan fingerprint density at radius 2 is 1.57 bits per heavy atom. The molecule has 0 amide bonds. The molecule has 2 rings (SSSR count). The third kappa shape index (κ3) is 3.62. The number of benzene rings is 2. The molecule has 0 N–H and O–H groups in total. The Balaban J connectivity index is 2.48. The molecule has 4 heteroatoms. The topological polar surface area (TPSA) is 43.4 Å². The number of hydrogen-bond donors (Lipinski definition) is 0. The third-order valence-electron chi connectivity index (χ3n) is 3.94. The summed E-state index contributed by atoms with van der Waals surface area (Å²) in [4.78, 5) is 24.5. The lowest BCUT2D eigenvalue weighted by molar-refractivity contribution is -0.159. The summed E-state index contributed by atoms with van der Waals surface area (Å²) in [5.41, 5.74) is 0.0845. The van der Waals surface area contributed by atoms with Crippen molar-refractivity contribution < 1.29 is 14.3 Å². The molecule has 2 aromatic rings. The minimum absolute atomic E-state index is 0.00364. The molecule has 0 aromatic heterocycles. The SMILES string of the molecule is CC(=O)OC(CCl)(c1ccccc1)C(C)C(=O)c1ccccc1. The molecule has 0 saturated carbocycles. The maximum atomic E-state index is 12.9. The van der Waals surface area contributed by atoms with E-state index in [9.17, 15) is 9.59 Å². The molecule has 2 unspecified atom stereocenters. The van der Waals surface area contributed by atoms with Gasteiger partial charge in [0.1, 0.15) is 0 Å². The van der Waals surface area contributed by atoms with Crippen LogP contribution >= 0.6 is 11.6 Å². The van der Waals surface area contributed by atoms with Crippen molar-refractivity contribution in [2.24, 2.45) is 5.92 Å². The monoisotopic (exact) mass is 330 g/mol. The number of ether oxygens (including phenoxy) is 1. The van der Waals surface area contributed by atoms with Gasteiger partial charge < -0.3 is 4.74 Å². The van der Waals surface area contributed by atoms with Gasteiger partial charge in [-0.1, -0.05) is 67.6 Å². The molecule has 0 fully saturated rings. The van der Waals surface area contributed by atoms with Gasteiger partial charge in [-0.15, -0.1) is 11.6 Å². The van der Waals surface area contributed by atoms with Gasteiger partial charge in [0.2, 0.25) is 0 Å². The summed E-state index contributed by atoms with van der Waals surface area (Å²) in [6, 6.07) is 18.1. The van der Waals surface area contributed by atoms with E-state index in [2.05, 4.69) is 0 Å². The van der Waals surface area contributed by atoms with E-state index in [-0.39, 0.29) is 11.7 Å². The van der Waals surface area contributed by atoms with Crippen molar-refractivity contribution in [1.82, 2.24) is 0 Å². The number of carbonyl (C=O) groups is 2. The predicted molar refractivity (Wildman–Crippen MR) is 90.5 cm³/mol. The van der Waals surface area contributed by atoms with Crippen LogP contribution < -0.4 is 0 Å². The number of carbonyl (C=O) groups excluding carboxylic acids is 2. The largest absolute Gasteiger partial charge is 0.452 e. The van der Waals surface area contributed by atoms with Gasteiger partial charge in [0.25, 0.3) is 0 Å². The molecule has 3 nitrogen and oxygen atoms in total. The zero-order valence-corrected chi connectivity index (χ0v) is 13.9. The second-order valence-corrected chi connectivity index (χ2v) is 5.70. The normalized spacial score (nSPS) is 14.6. The summed E-state index contributed by atoms with van der Waals surface area (Å²) in [5.74, 6) is -1.21. The molecular formula is C19H19ClO3. The molecule has 0 heterocycles. The summed E-state index contributed by atoms with van der Waals surface area (Å²) >= 11 is 6.20. The Labute approximate surface area is 141 Å². The van der Waals surface area contributed by atoms with Crippen molar-refractivity contribution in [3.63, 3.8) is 0 Å². The highest BCUT2D eigenvalue weighted by atomic mass is 35.5. The number of hydrogen-bond acceptors (Lipinski definition) is 3. The molecule has 2 atom stereocenters. The predicted octanol–water partition coefficient (Wildman–Crippen LogP) is 4.20. The van der Waals surface area contributed by atoms with E-state index in [0.29, 0.717) is 11.1 Å². The molecule has 0 radical (unpaired) electrons. The van der Waals surface area contributed by atoms with Crippen LogP contribution in [0, 0.1) is 5.92 Å². The average molecular weight is 331 g/mol. The van der Waals surface area contributed by atoms with Crippen LogP contribution in [0.1, 0.15) is 29.8 Å². The van der Waals surface area contributed by atoms with Gasteiger partial charge in [-0.05, 0) is 5.56 Å². The highest BCUT2D eigenvalue weighted by Crippen LogP contribution is 2.37. The fourth-order valence-corrected chi connectivity index (χ4v) is 3.10. The number of Topliss-reactive ketones (excluding diaryl/α,β-unsaturated/α-hetero) is 1. The van der Waals surface area contributed by atoms with Crippen LogP contribution in [0.5, 0.6) is 0 Å². The molecule has 0 saturated heterocycles. The minimum atomic E-state index is -1.19. The number of ketones is 1. The first-order chi connectivity index (χ1) is 11.0. The molecule has 0 aliphatic heterocycles. The minimum Gasteiger partial charge on any atom is -0.452 e. The van der Waals surface area contributed by atoms with E-state index in [1.54, 1.807) is 31.2 Å². The van der Waals surface area contributed by atoms with Crippen molar-refractivity contribution in [3.8, 4) is 0 Å². The van der Waals surface area contributed by atoms with Crippen molar-refractivity contribution in [2.45, 2.75) is 19.4 Å². The zero-order valence-electron chi connectivity index (χ0n) is 13.2. The number of rotatable bonds is 6. The van der Waals surface area contributed by atoms with Crippen LogP contribution in [0.4, 0.5) is 0 Å². The summed E-state index contributed by atoms with van der Waals surface area (Å²) in [6.07, 6.45) is 0. The first-order valence-electron chi connectivity index (χ1n) is 7.41. The maximum Gasteiger partial charge on any atom is 0.303 e. The number of halogens is 1. The van der Waals surface area contributed by atoms with Crippen molar-refractivity contribution >= 4 is 23.4 Å². The Kier molecular flexibility index (Phi) is 5.56. The fraction of sp³-hybridized carbons (Fsp3) is 0.263. The molecule has 23 heavy (non-hydrogen) atoms. The van der Waals surface area contributed by atoms with Crippen molar-refractivity contribution in [1.29, 1.82) is 0 Å². The van der Waals surface area contributed by atoms with E-state index in [1.807, 2.05) is 36.4 Å². The number of esters is 1. The van der Waals surface area contributed by atoms with Crippen LogP contribution in [-0.4, -0.2) is 17.6 Å². The van der Waals surface area contributed by atoms with Gasteiger partial charge in [0, 0.05) is 12.5 Å². The summed E-state index contributed by atoms with van der Waals surface area (Å²) in [5, 5.41) is 0. The van der Waals surface area contributed by atoms with E-state index in [4.69, 9.17) is 16.3 Å². The van der Waals surface area contributed by atoms with Crippen LogP contribution in [0.25, 0.3) is 0 Å². The molecular weight excluding hydrogens is 312 g/mol. The second-order valence-electron chi connectivity index (χ2n) is 5.43. The highest BCUT2D eigenvalue weighted by Gasteiger charge is 2.44. The highest BCUT2D eigenvalue weighted by molar-refractivity contribution is 6.19. The lowest BCUT2D eigenvalue weighted by Gasteiger charge is -2.36. The Bertz CT molecular complexity index is 670. The summed E-state index contributed by atoms with van der Waals surface area (Å²) < 4.78 is 5.59. The number of alkyl halides is 1. The first-order valence-corrected chi connectivity index (χ1v) is 7.95. The first kappa shape index (κ1) is 17.2. The van der Waals surface area contributed by atoms with Crippen molar-refractivity contribution in [2.75, 3.05) is 5.88 Å². The molecule has 0 aliphatic rings. The Morgan fingerprint density at radius 1 is 1.04 bits per heavy atom. The average Bonchev–Trinajstić information content (AvgIpc) is 2.59. The maximum absolute atomic E-state index is 12.9. The molecule has 120 valence electrons. The van der Waals surface area contributed by atoms with Crippen LogP contribution in [0.15, 0.2) is 60.7 Å². The zero-order chi connectivity index (χ0) is 16.9. The van der Waals surface area contributed by atoms with E-state index >= 15 is 0 Å². The van der Waals surface area contributed by atoms with Gasteiger partial charge in [0.15, 0.2) is 11.4 Å². The van der Waals surface area contributed by atoms with Crippen LogP contribution in [-0.2, 0) is 15.1 Å². The smallest absolute Gasteiger partial charge is 0.303 e. The van der Waals surface area contributed by atoms with Gasteiger partial charge in [0.05, 0.1) is 11.8 Å². The van der Waals surface area contributed by atoms with Crippen LogP contribution in [0.2, 0.25) is 0 Å². The Hall–Kier alpha value is -2.13. The fourth-order valence-electron chi connectivity index (χ4n) is 2.66. The standard InChI is InChI=1S/C19H19ClO3/c1-14(18(22)16-9-5-3-6-10-16)19(13-20,23-15(2)21)17-11-7-4-8-12-17/h3-12,14H,13H2,1-2H3.